The molecule has 10 heteroatoms. The summed E-state index contributed by atoms with van der Waals surface area (Å²) in [6.45, 7) is 5.58. The normalized spacial score (nSPS) is 20.1. The third kappa shape index (κ3) is 4.72. The Morgan fingerprint density at radius 2 is 1.76 bits per heavy atom. The number of halogens is 1. The molecule has 3 aliphatic heterocycles. The Hall–Kier alpha value is -2.78. The van der Waals surface area contributed by atoms with Gasteiger partial charge in [0, 0.05) is 43.8 Å². The summed E-state index contributed by atoms with van der Waals surface area (Å²) in [6, 6.07) is 6.87. The van der Waals surface area contributed by atoms with Crippen molar-refractivity contribution in [2.45, 2.75) is 32.7 Å². The van der Waals surface area contributed by atoms with Crippen LogP contribution < -0.4 is 0 Å². The summed E-state index contributed by atoms with van der Waals surface area (Å²) in [7, 11) is 1.36. The van der Waals surface area contributed by atoms with Gasteiger partial charge in [-0.2, -0.15) is 0 Å². The first-order valence-electron chi connectivity index (χ1n) is 11.2. The number of benzene rings is 1. The molecule has 2 amide bonds. The topological polar surface area (TPSA) is 82.5 Å². The van der Waals surface area contributed by atoms with E-state index in [4.69, 9.17) is 21.3 Å². The second kappa shape index (κ2) is 10.2. The number of carbonyl (C=O) groups is 3. The molecule has 4 rings (SSSR count). The number of nitrogens with zero attached hydrogens (tertiary/aromatic N) is 4. The number of amidine groups is 1. The number of hydrogen-bond donors (Lipinski definition) is 0. The van der Waals surface area contributed by atoms with Crippen LogP contribution in [-0.4, -0.2) is 70.9 Å². The van der Waals surface area contributed by atoms with Crippen LogP contribution in [0, 0.1) is 0 Å². The monoisotopic (exact) mass is 502 g/mol. The first-order chi connectivity index (χ1) is 16.3. The third-order valence-electron chi connectivity index (χ3n) is 6.23. The van der Waals surface area contributed by atoms with E-state index in [-0.39, 0.29) is 18.2 Å². The van der Waals surface area contributed by atoms with E-state index in [1.165, 1.54) is 18.9 Å². The Bertz CT molecular complexity index is 1090. The summed E-state index contributed by atoms with van der Waals surface area (Å²) in [5.74, 6) is -0.436. The van der Waals surface area contributed by atoms with E-state index in [9.17, 15) is 14.4 Å². The van der Waals surface area contributed by atoms with Crippen LogP contribution in [0.1, 0.15) is 38.3 Å². The molecule has 0 aromatic heterocycles. The number of amides is 2. The predicted molar refractivity (Wildman–Crippen MR) is 132 cm³/mol. The fraction of sp³-hybridized carbons (Fsp3) is 0.417. The Morgan fingerprint density at radius 3 is 2.35 bits per heavy atom. The van der Waals surface area contributed by atoms with Crippen molar-refractivity contribution in [3.63, 3.8) is 0 Å². The molecule has 0 N–H and O–H groups in total. The number of ether oxygens (including phenoxy) is 1. The van der Waals surface area contributed by atoms with Crippen molar-refractivity contribution in [2.24, 2.45) is 4.99 Å². The van der Waals surface area contributed by atoms with Gasteiger partial charge in [-0.05, 0) is 29.5 Å². The number of hydrogen-bond acceptors (Lipinski definition) is 7. The summed E-state index contributed by atoms with van der Waals surface area (Å²) in [5, 5.41) is 3.26. The van der Waals surface area contributed by atoms with Gasteiger partial charge >= 0.3 is 5.97 Å². The second-order valence-electron chi connectivity index (χ2n) is 8.21. The second-order valence-corrected chi connectivity index (χ2v) is 9.49. The number of piperazine rings is 1. The number of allylic oxidation sites excluding steroid dienone is 1. The molecule has 0 saturated carbocycles. The first-order valence-corrected chi connectivity index (χ1v) is 12.4. The molecular formula is C24H27ClN4O4S. The van der Waals surface area contributed by atoms with Crippen molar-refractivity contribution in [3.05, 3.63) is 57.2 Å². The van der Waals surface area contributed by atoms with Crippen LogP contribution in [0.25, 0.3) is 0 Å². The number of aliphatic imine (C=N–C) groups is 1. The quantitative estimate of drug-likeness (QED) is 0.572. The highest BCUT2D eigenvalue weighted by Gasteiger charge is 2.41. The molecule has 0 aliphatic carbocycles. The zero-order valence-electron chi connectivity index (χ0n) is 19.4. The lowest BCUT2D eigenvalue weighted by Crippen LogP contribution is -2.50. The summed E-state index contributed by atoms with van der Waals surface area (Å²) in [5.41, 5.74) is 2.78. The Morgan fingerprint density at radius 1 is 1.12 bits per heavy atom. The third-order valence-corrected chi connectivity index (χ3v) is 7.37. The summed E-state index contributed by atoms with van der Waals surface area (Å²) < 4.78 is 5.13. The van der Waals surface area contributed by atoms with Crippen LogP contribution >= 0.6 is 23.4 Å². The van der Waals surface area contributed by atoms with Crippen LogP contribution in [0.15, 0.2) is 51.6 Å². The summed E-state index contributed by atoms with van der Waals surface area (Å²) >= 11 is 7.57. The van der Waals surface area contributed by atoms with Crippen molar-refractivity contribution < 1.29 is 19.1 Å². The van der Waals surface area contributed by atoms with Gasteiger partial charge in [-0.3, -0.25) is 9.59 Å². The molecule has 1 saturated heterocycles. The minimum absolute atomic E-state index is 0.0176. The molecule has 0 bridgehead atoms. The van der Waals surface area contributed by atoms with Crippen molar-refractivity contribution in [3.8, 4) is 0 Å². The number of methoxy groups -OCH3 is 1. The molecule has 3 heterocycles. The maximum absolute atomic E-state index is 13.2. The van der Waals surface area contributed by atoms with Gasteiger partial charge in [0.05, 0.1) is 30.8 Å². The van der Waals surface area contributed by atoms with Gasteiger partial charge in [0.25, 0.3) is 0 Å². The molecule has 34 heavy (non-hydrogen) atoms. The maximum atomic E-state index is 13.2. The molecule has 1 aromatic rings. The Kier molecular flexibility index (Phi) is 7.33. The molecule has 8 nitrogen and oxygen atoms in total. The SMILES string of the molecule is CCC1=C(C(=O)OC)C(c2ccc(Cl)cc2)N2C(CC(=O)N3CCN(C(C)=O)CC3)=CSC2=N1. The smallest absolute Gasteiger partial charge is 0.338 e. The van der Waals surface area contributed by atoms with Crippen molar-refractivity contribution in [1.29, 1.82) is 0 Å². The van der Waals surface area contributed by atoms with Gasteiger partial charge in [0.2, 0.25) is 11.8 Å². The number of fused-ring (bicyclic) bond motifs is 1. The van der Waals surface area contributed by atoms with Gasteiger partial charge in [-0.25, -0.2) is 9.79 Å². The van der Waals surface area contributed by atoms with Crippen LogP contribution in [0.4, 0.5) is 0 Å². The van der Waals surface area contributed by atoms with E-state index in [0.717, 1.165) is 16.4 Å². The number of thioether (sulfide) groups is 1. The molecule has 0 spiro atoms. The number of carbonyl (C=O) groups excluding carboxylic acids is 3. The minimum Gasteiger partial charge on any atom is -0.466 e. The van der Waals surface area contributed by atoms with Crippen molar-refractivity contribution in [1.82, 2.24) is 14.7 Å². The van der Waals surface area contributed by atoms with E-state index >= 15 is 0 Å². The zero-order chi connectivity index (χ0) is 24.4. The van der Waals surface area contributed by atoms with Crippen LogP contribution in [0.2, 0.25) is 5.02 Å². The first kappa shape index (κ1) is 24.3. The highest BCUT2D eigenvalue weighted by atomic mass is 35.5. The molecule has 1 aromatic carbocycles. The predicted octanol–water partition coefficient (Wildman–Crippen LogP) is 3.56. The van der Waals surface area contributed by atoms with Crippen molar-refractivity contribution in [2.75, 3.05) is 33.3 Å². The summed E-state index contributed by atoms with van der Waals surface area (Å²) in [6.07, 6.45) is 0.743. The molecule has 3 aliphatic rings. The maximum Gasteiger partial charge on any atom is 0.338 e. The van der Waals surface area contributed by atoms with Crippen molar-refractivity contribution >= 4 is 46.3 Å². The van der Waals surface area contributed by atoms with E-state index in [0.29, 0.717) is 48.9 Å². The largest absolute Gasteiger partial charge is 0.466 e. The van der Waals surface area contributed by atoms with E-state index in [2.05, 4.69) is 0 Å². The fourth-order valence-corrected chi connectivity index (χ4v) is 5.47. The number of esters is 1. The lowest BCUT2D eigenvalue weighted by atomic mass is 9.93. The molecule has 180 valence electrons. The highest BCUT2D eigenvalue weighted by molar-refractivity contribution is 8.16. The van der Waals surface area contributed by atoms with Gasteiger partial charge in [-0.15, -0.1) is 0 Å². The molecule has 1 atom stereocenters. The lowest BCUT2D eigenvalue weighted by molar-refractivity contribution is -0.138. The molecule has 1 fully saturated rings. The van der Waals surface area contributed by atoms with Gasteiger partial charge in [-0.1, -0.05) is 42.4 Å². The average molecular weight is 503 g/mol. The minimum atomic E-state index is -0.476. The zero-order valence-corrected chi connectivity index (χ0v) is 21.0. The van der Waals surface area contributed by atoms with Gasteiger partial charge in [0.1, 0.15) is 0 Å². The number of rotatable bonds is 5. The standard InChI is InChI=1S/C24H27ClN4O4S/c1-4-19-21(23(32)33-3)22(16-5-7-17(25)8-6-16)29-18(14-34-24(29)26-19)13-20(31)28-11-9-27(10-12-28)15(2)30/h5-8,14,22H,4,9-13H2,1-3H3. The Labute approximate surface area is 208 Å². The van der Waals surface area contributed by atoms with Gasteiger partial charge < -0.3 is 19.4 Å². The van der Waals surface area contributed by atoms with Crippen LogP contribution in [0.3, 0.4) is 0 Å². The lowest BCUT2D eigenvalue weighted by Gasteiger charge is -2.38. The van der Waals surface area contributed by atoms with E-state index in [1.807, 2.05) is 29.4 Å². The fourth-order valence-electron chi connectivity index (χ4n) is 4.41. The van der Waals surface area contributed by atoms with E-state index < -0.39 is 12.0 Å². The average Bonchev–Trinajstić information content (AvgIpc) is 3.25. The van der Waals surface area contributed by atoms with Gasteiger partial charge in [0.15, 0.2) is 5.17 Å². The van der Waals surface area contributed by atoms with E-state index in [1.54, 1.807) is 28.9 Å². The highest BCUT2D eigenvalue weighted by Crippen LogP contribution is 2.45. The van der Waals surface area contributed by atoms with Crippen LogP contribution in [-0.2, 0) is 19.1 Å². The molecule has 1 unspecified atom stereocenters. The Balaban J connectivity index is 1.63. The molecular weight excluding hydrogens is 476 g/mol. The summed E-state index contributed by atoms with van der Waals surface area (Å²) in [4.78, 5) is 47.9. The molecule has 0 radical (unpaired) electrons. The van der Waals surface area contributed by atoms with Crippen LogP contribution in [0.5, 0.6) is 0 Å².